The summed E-state index contributed by atoms with van der Waals surface area (Å²) >= 11 is 4.62. The van der Waals surface area contributed by atoms with Crippen LogP contribution in [-0.4, -0.2) is 17.1 Å². The summed E-state index contributed by atoms with van der Waals surface area (Å²) in [6.45, 7) is 1.95. The Balaban J connectivity index is 1.77. The first-order valence-electron chi connectivity index (χ1n) is 9.39. The normalized spacial score (nSPS) is 11.9. The maximum atomic E-state index is 13.2. The molecule has 1 amide bonds. The number of aryl methyl sites for hydroxylation is 1. The highest BCUT2D eigenvalue weighted by atomic mass is 79.9. The van der Waals surface area contributed by atoms with Crippen LogP contribution in [0.15, 0.2) is 76.3 Å². The Hall–Kier alpha value is -3.04. The zero-order valence-corrected chi connectivity index (χ0v) is 19.0. The molecule has 0 aliphatic rings. The Morgan fingerprint density at radius 1 is 1.09 bits per heavy atom. The average Bonchev–Trinajstić information content (AvgIpc) is 3.17. The molecule has 0 bridgehead atoms. The van der Waals surface area contributed by atoms with E-state index in [0.29, 0.717) is 5.52 Å². The number of hydrogen-bond acceptors (Lipinski definition) is 4. The van der Waals surface area contributed by atoms with Gasteiger partial charge < -0.3 is 0 Å². The molecule has 162 valence electrons. The second kappa shape index (κ2) is 8.84. The molecule has 1 heterocycles. The van der Waals surface area contributed by atoms with Gasteiger partial charge in [0.1, 0.15) is 0 Å². The van der Waals surface area contributed by atoms with E-state index >= 15 is 0 Å². The molecule has 0 unspecified atom stereocenters. The number of amides is 1. The van der Waals surface area contributed by atoms with Gasteiger partial charge in [-0.25, -0.2) is 4.98 Å². The van der Waals surface area contributed by atoms with Gasteiger partial charge in [0.15, 0.2) is 0 Å². The molecule has 0 aliphatic carbocycles. The summed E-state index contributed by atoms with van der Waals surface area (Å²) in [5.74, 6) is -0.711. The van der Waals surface area contributed by atoms with Crippen molar-refractivity contribution in [3.05, 3.63) is 93.5 Å². The fraction of sp³-hybridized carbons (Fsp3) is 0.0870. The number of hydrogen-bond donors (Lipinski definition) is 0. The molecular weight excluding hydrogens is 503 g/mol. The van der Waals surface area contributed by atoms with E-state index < -0.39 is 17.6 Å². The fourth-order valence-electron chi connectivity index (χ4n) is 2.89. The minimum atomic E-state index is -4.56. The quantitative estimate of drug-likeness (QED) is 0.214. The highest BCUT2D eigenvalue weighted by Crippen LogP contribution is 2.33. The summed E-state index contributed by atoms with van der Waals surface area (Å²) < 4.78 is 41.2. The maximum Gasteiger partial charge on any atom is 0.416 e. The van der Waals surface area contributed by atoms with Crippen LogP contribution in [0.2, 0.25) is 0 Å². The molecule has 0 fully saturated rings. The number of aromatic nitrogens is 1. The van der Waals surface area contributed by atoms with Gasteiger partial charge in [-0.3, -0.25) is 4.79 Å². The van der Waals surface area contributed by atoms with E-state index in [2.05, 4.69) is 26.0 Å². The number of anilines is 1. The van der Waals surface area contributed by atoms with Gasteiger partial charge in [-0.1, -0.05) is 63.2 Å². The van der Waals surface area contributed by atoms with Crippen molar-refractivity contribution < 1.29 is 18.0 Å². The lowest BCUT2D eigenvalue weighted by atomic mass is 10.1. The molecule has 0 N–H and O–H groups in total. The van der Waals surface area contributed by atoms with Crippen molar-refractivity contribution in [2.75, 3.05) is 5.01 Å². The minimum absolute atomic E-state index is 0.138. The van der Waals surface area contributed by atoms with Crippen LogP contribution < -0.4 is 5.01 Å². The first kappa shape index (κ1) is 22.2. The zero-order chi connectivity index (χ0) is 22.9. The highest BCUT2D eigenvalue weighted by Gasteiger charge is 2.32. The third-order valence-electron chi connectivity index (χ3n) is 4.55. The molecule has 4 aromatic rings. The molecule has 0 spiro atoms. The Morgan fingerprint density at radius 2 is 1.84 bits per heavy atom. The molecule has 9 heteroatoms. The van der Waals surface area contributed by atoms with Crippen LogP contribution in [0.5, 0.6) is 0 Å². The van der Waals surface area contributed by atoms with Gasteiger partial charge in [-0.05, 0) is 48.9 Å². The summed E-state index contributed by atoms with van der Waals surface area (Å²) in [7, 11) is 0. The van der Waals surface area contributed by atoms with Crippen molar-refractivity contribution >= 4 is 54.7 Å². The molecule has 3 aromatic carbocycles. The first-order valence-corrected chi connectivity index (χ1v) is 11.0. The number of nitrogens with zero attached hydrogens (tertiary/aromatic N) is 3. The number of carbonyl (C=O) groups excluding carboxylic acids is 1. The van der Waals surface area contributed by atoms with E-state index in [4.69, 9.17) is 0 Å². The second-order valence-electron chi connectivity index (χ2n) is 6.96. The molecule has 1 aromatic heterocycles. The summed E-state index contributed by atoms with van der Waals surface area (Å²) in [5, 5.41) is 5.58. The largest absolute Gasteiger partial charge is 0.416 e. The first-order chi connectivity index (χ1) is 15.2. The topological polar surface area (TPSA) is 45.6 Å². The zero-order valence-electron chi connectivity index (χ0n) is 16.6. The van der Waals surface area contributed by atoms with Crippen LogP contribution in [-0.2, 0) is 6.18 Å². The molecule has 0 saturated carbocycles. The molecule has 0 saturated heterocycles. The molecule has 0 atom stereocenters. The Labute approximate surface area is 194 Å². The minimum Gasteiger partial charge on any atom is -0.267 e. The lowest BCUT2D eigenvalue weighted by Gasteiger charge is -2.15. The number of alkyl halides is 3. The third-order valence-corrected chi connectivity index (χ3v) is 6.04. The summed E-state index contributed by atoms with van der Waals surface area (Å²) in [6.07, 6.45) is -3.08. The average molecular weight is 518 g/mol. The van der Waals surface area contributed by atoms with E-state index in [9.17, 15) is 18.0 Å². The lowest BCUT2D eigenvalue weighted by Crippen LogP contribution is -2.26. The second-order valence-corrected chi connectivity index (χ2v) is 8.88. The van der Waals surface area contributed by atoms with E-state index in [1.807, 2.05) is 43.3 Å². The molecular formula is C23H15BrF3N3OS. The van der Waals surface area contributed by atoms with Crippen LogP contribution >= 0.6 is 27.3 Å². The van der Waals surface area contributed by atoms with E-state index in [-0.39, 0.29) is 10.7 Å². The van der Waals surface area contributed by atoms with Gasteiger partial charge in [0, 0.05) is 10.0 Å². The van der Waals surface area contributed by atoms with Crippen LogP contribution in [0.25, 0.3) is 10.2 Å². The van der Waals surface area contributed by atoms with Gasteiger partial charge in [-0.2, -0.15) is 23.3 Å². The van der Waals surface area contributed by atoms with Gasteiger partial charge in [0.05, 0.1) is 22.0 Å². The van der Waals surface area contributed by atoms with Crippen molar-refractivity contribution in [1.29, 1.82) is 0 Å². The predicted molar refractivity (Wildman–Crippen MR) is 124 cm³/mol. The molecule has 32 heavy (non-hydrogen) atoms. The monoisotopic (exact) mass is 517 g/mol. The number of thiazole rings is 1. The lowest BCUT2D eigenvalue weighted by molar-refractivity contribution is -0.137. The van der Waals surface area contributed by atoms with Crippen molar-refractivity contribution in [3.63, 3.8) is 0 Å². The van der Waals surface area contributed by atoms with Crippen molar-refractivity contribution in [2.24, 2.45) is 5.10 Å². The van der Waals surface area contributed by atoms with Crippen LogP contribution in [0.1, 0.15) is 27.0 Å². The molecule has 4 nitrogen and oxygen atoms in total. The summed E-state index contributed by atoms with van der Waals surface area (Å²) in [5.41, 5.74) is 1.41. The Kier molecular flexibility index (Phi) is 6.12. The smallest absolute Gasteiger partial charge is 0.267 e. The fourth-order valence-corrected chi connectivity index (χ4v) is 4.37. The summed E-state index contributed by atoms with van der Waals surface area (Å²) in [4.78, 5) is 17.7. The van der Waals surface area contributed by atoms with Crippen molar-refractivity contribution in [1.82, 2.24) is 4.98 Å². The standard InChI is InChI=1S/C23H15BrF3N3OS/c1-14-5-7-15(8-6-14)13-28-30(22-29-19-10-9-18(24)12-20(19)32-22)21(31)16-3-2-4-17(11-16)23(25,26)27/h2-13H,1H3/b28-13+. The van der Waals surface area contributed by atoms with E-state index in [1.54, 1.807) is 6.07 Å². The molecule has 0 radical (unpaired) electrons. The van der Waals surface area contributed by atoms with E-state index in [1.165, 1.54) is 29.7 Å². The van der Waals surface area contributed by atoms with Gasteiger partial charge in [0.2, 0.25) is 5.13 Å². The maximum absolute atomic E-state index is 13.2. The van der Waals surface area contributed by atoms with Crippen molar-refractivity contribution in [3.8, 4) is 0 Å². The number of benzene rings is 3. The molecule has 0 aliphatic heterocycles. The summed E-state index contributed by atoms with van der Waals surface area (Å²) in [6, 6.07) is 17.2. The number of hydrazone groups is 1. The van der Waals surface area contributed by atoms with Gasteiger partial charge in [0.25, 0.3) is 5.91 Å². The number of carbonyl (C=O) groups is 1. The van der Waals surface area contributed by atoms with Gasteiger partial charge in [-0.15, -0.1) is 0 Å². The number of rotatable bonds is 4. The molecule has 4 rings (SSSR count). The van der Waals surface area contributed by atoms with Crippen LogP contribution in [0.3, 0.4) is 0 Å². The highest BCUT2D eigenvalue weighted by molar-refractivity contribution is 9.10. The number of fused-ring (bicyclic) bond motifs is 1. The SMILES string of the molecule is Cc1ccc(/C=N/N(C(=O)c2cccc(C(F)(F)F)c2)c2nc3ccc(Br)cc3s2)cc1. The number of halogens is 4. The predicted octanol–water partition coefficient (Wildman–Crippen LogP) is 7.07. The van der Waals surface area contributed by atoms with Crippen LogP contribution in [0, 0.1) is 6.92 Å². The Bertz CT molecular complexity index is 1320. The third kappa shape index (κ3) is 4.89. The van der Waals surface area contributed by atoms with Gasteiger partial charge >= 0.3 is 6.18 Å². The van der Waals surface area contributed by atoms with Crippen LogP contribution in [0.4, 0.5) is 18.3 Å². The van der Waals surface area contributed by atoms with E-state index in [0.717, 1.165) is 37.4 Å². The van der Waals surface area contributed by atoms with Crippen molar-refractivity contribution in [2.45, 2.75) is 13.1 Å². The Morgan fingerprint density at radius 3 is 2.56 bits per heavy atom.